The molecule has 1 aromatic rings. The van der Waals surface area contributed by atoms with Crippen LogP contribution in [0.5, 0.6) is 0 Å². The number of nitrogens with two attached hydrogens (primary N) is 1. The lowest BCUT2D eigenvalue weighted by molar-refractivity contribution is 0.696. The highest BCUT2D eigenvalue weighted by Crippen LogP contribution is 2.49. The topological polar surface area (TPSA) is 26.0 Å². The van der Waals surface area contributed by atoms with E-state index in [1.54, 1.807) is 0 Å². The molecule has 0 saturated heterocycles. The van der Waals surface area contributed by atoms with Crippen LogP contribution in [0, 0.1) is 27.7 Å². The van der Waals surface area contributed by atoms with Crippen LogP contribution in [0.25, 0.3) is 0 Å². The molecule has 0 heterocycles. The van der Waals surface area contributed by atoms with E-state index in [0.717, 1.165) is 6.54 Å². The monoisotopic (exact) mass is 203 g/mol. The van der Waals surface area contributed by atoms with E-state index in [0.29, 0.717) is 5.41 Å². The molecule has 0 amide bonds. The van der Waals surface area contributed by atoms with Crippen LogP contribution in [0.3, 0.4) is 0 Å². The maximum Gasteiger partial charge on any atom is 0.00790 e. The molecule has 0 aromatic heterocycles. The minimum absolute atomic E-state index is 0.327. The summed E-state index contributed by atoms with van der Waals surface area (Å²) in [7, 11) is 0. The van der Waals surface area contributed by atoms with Crippen LogP contribution in [0.4, 0.5) is 0 Å². The summed E-state index contributed by atoms with van der Waals surface area (Å²) in [4.78, 5) is 0. The summed E-state index contributed by atoms with van der Waals surface area (Å²) in [6, 6.07) is 2.36. The van der Waals surface area contributed by atoms with Crippen LogP contribution in [-0.4, -0.2) is 6.54 Å². The first-order chi connectivity index (χ1) is 7.02. The van der Waals surface area contributed by atoms with Crippen molar-refractivity contribution in [3.8, 4) is 0 Å². The summed E-state index contributed by atoms with van der Waals surface area (Å²) in [5.74, 6) is 0. The molecule has 0 spiro atoms. The zero-order chi connectivity index (χ0) is 11.2. The van der Waals surface area contributed by atoms with Crippen LogP contribution in [-0.2, 0) is 5.41 Å². The van der Waals surface area contributed by atoms with Gasteiger partial charge in [-0.25, -0.2) is 0 Å². The van der Waals surface area contributed by atoms with Gasteiger partial charge in [0.15, 0.2) is 0 Å². The molecule has 2 N–H and O–H groups in total. The molecule has 0 aliphatic heterocycles. The highest BCUT2D eigenvalue weighted by molar-refractivity contribution is 5.49. The van der Waals surface area contributed by atoms with Gasteiger partial charge in [-0.15, -0.1) is 0 Å². The van der Waals surface area contributed by atoms with Gasteiger partial charge in [-0.2, -0.15) is 0 Å². The van der Waals surface area contributed by atoms with Gasteiger partial charge in [0, 0.05) is 12.0 Å². The van der Waals surface area contributed by atoms with E-state index < -0.39 is 0 Å². The van der Waals surface area contributed by atoms with Gasteiger partial charge in [0.2, 0.25) is 0 Å². The van der Waals surface area contributed by atoms with Crippen LogP contribution in [0.15, 0.2) is 6.07 Å². The molecule has 1 aliphatic rings. The van der Waals surface area contributed by atoms with E-state index in [-0.39, 0.29) is 0 Å². The van der Waals surface area contributed by atoms with Crippen molar-refractivity contribution in [1.82, 2.24) is 0 Å². The Labute approximate surface area is 92.7 Å². The molecular weight excluding hydrogens is 182 g/mol. The third-order valence-electron chi connectivity index (χ3n) is 4.30. The lowest BCUT2D eigenvalue weighted by Gasteiger charge is -2.20. The minimum atomic E-state index is 0.327. The second kappa shape index (κ2) is 3.34. The van der Waals surface area contributed by atoms with Gasteiger partial charge >= 0.3 is 0 Å². The second-order valence-corrected chi connectivity index (χ2v) is 5.10. The zero-order valence-electron chi connectivity index (χ0n) is 10.3. The third-order valence-corrected chi connectivity index (χ3v) is 4.30. The Balaban J connectivity index is 2.58. The van der Waals surface area contributed by atoms with Gasteiger partial charge in [-0.1, -0.05) is 6.07 Å². The second-order valence-electron chi connectivity index (χ2n) is 5.10. The predicted molar refractivity (Wildman–Crippen MR) is 65.4 cm³/mol. The van der Waals surface area contributed by atoms with Gasteiger partial charge in [0.05, 0.1) is 0 Å². The van der Waals surface area contributed by atoms with Crippen molar-refractivity contribution < 1.29 is 0 Å². The SMILES string of the molecule is Cc1cc(C2(CN)CC2)c(C)c(C)c1C. The lowest BCUT2D eigenvalue weighted by Crippen LogP contribution is -2.21. The molecule has 15 heavy (non-hydrogen) atoms. The van der Waals surface area contributed by atoms with Crippen LogP contribution < -0.4 is 5.73 Å². The predicted octanol–water partition coefficient (Wildman–Crippen LogP) is 2.91. The molecule has 0 unspecified atom stereocenters. The Morgan fingerprint density at radius 3 is 2.13 bits per heavy atom. The molecule has 1 nitrogen and oxygen atoms in total. The molecule has 0 atom stereocenters. The van der Waals surface area contributed by atoms with E-state index in [2.05, 4.69) is 33.8 Å². The van der Waals surface area contributed by atoms with Crippen LogP contribution in [0.1, 0.15) is 40.7 Å². The summed E-state index contributed by atoms with van der Waals surface area (Å²) in [6.45, 7) is 9.69. The Bertz CT molecular complexity index is 400. The van der Waals surface area contributed by atoms with Crippen molar-refractivity contribution in [2.75, 3.05) is 6.54 Å². The van der Waals surface area contributed by atoms with Gasteiger partial charge < -0.3 is 5.73 Å². The molecule has 0 bridgehead atoms. The van der Waals surface area contributed by atoms with Crippen molar-refractivity contribution in [2.45, 2.75) is 46.0 Å². The maximum absolute atomic E-state index is 5.91. The third kappa shape index (κ3) is 1.50. The Hall–Kier alpha value is -0.820. The van der Waals surface area contributed by atoms with Gasteiger partial charge in [0.1, 0.15) is 0 Å². The fourth-order valence-electron chi connectivity index (χ4n) is 2.50. The summed E-state index contributed by atoms with van der Waals surface area (Å²) in [5, 5.41) is 0. The number of benzene rings is 1. The van der Waals surface area contributed by atoms with Gasteiger partial charge in [-0.3, -0.25) is 0 Å². The van der Waals surface area contributed by atoms with E-state index in [9.17, 15) is 0 Å². The first-order valence-corrected chi connectivity index (χ1v) is 5.80. The number of hydrogen-bond donors (Lipinski definition) is 1. The molecule has 2 rings (SSSR count). The number of rotatable bonds is 2. The minimum Gasteiger partial charge on any atom is -0.330 e. The molecule has 1 aliphatic carbocycles. The van der Waals surface area contributed by atoms with E-state index in [4.69, 9.17) is 5.73 Å². The van der Waals surface area contributed by atoms with E-state index >= 15 is 0 Å². The average Bonchev–Trinajstić information content (AvgIpc) is 3.01. The fraction of sp³-hybridized carbons (Fsp3) is 0.571. The van der Waals surface area contributed by atoms with Crippen LogP contribution in [0.2, 0.25) is 0 Å². The standard InChI is InChI=1S/C14H21N/c1-9-7-13(14(8-15)5-6-14)12(4)11(3)10(9)2/h7H,5-6,8,15H2,1-4H3. The van der Waals surface area contributed by atoms with E-state index in [1.807, 2.05) is 0 Å². The van der Waals surface area contributed by atoms with Crippen molar-refractivity contribution in [1.29, 1.82) is 0 Å². The van der Waals surface area contributed by atoms with E-state index in [1.165, 1.54) is 40.7 Å². The highest BCUT2D eigenvalue weighted by Gasteiger charge is 2.44. The van der Waals surface area contributed by atoms with Crippen molar-refractivity contribution in [3.63, 3.8) is 0 Å². The smallest absolute Gasteiger partial charge is 0.00790 e. The van der Waals surface area contributed by atoms with Crippen molar-refractivity contribution in [2.24, 2.45) is 5.73 Å². The van der Waals surface area contributed by atoms with Crippen molar-refractivity contribution in [3.05, 3.63) is 33.9 Å². The fourth-order valence-corrected chi connectivity index (χ4v) is 2.50. The van der Waals surface area contributed by atoms with Gasteiger partial charge in [0.25, 0.3) is 0 Å². The molecular formula is C14H21N. The molecule has 1 saturated carbocycles. The number of aryl methyl sites for hydroxylation is 1. The molecule has 1 aromatic carbocycles. The summed E-state index contributed by atoms with van der Waals surface area (Å²) >= 11 is 0. The lowest BCUT2D eigenvalue weighted by atomic mass is 9.86. The Kier molecular flexibility index (Phi) is 2.38. The van der Waals surface area contributed by atoms with Gasteiger partial charge in [-0.05, 0) is 68.4 Å². The summed E-state index contributed by atoms with van der Waals surface area (Å²) < 4.78 is 0. The zero-order valence-corrected chi connectivity index (χ0v) is 10.3. The first kappa shape index (κ1) is 10.7. The van der Waals surface area contributed by atoms with Crippen LogP contribution >= 0.6 is 0 Å². The molecule has 1 fully saturated rings. The number of hydrogen-bond acceptors (Lipinski definition) is 1. The summed E-state index contributed by atoms with van der Waals surface area (Å²) in [6.07, 6.45) is 2.54. The molecule has 1 heteroatoms. The maximum atomic E-state index is 5.91. The highest BCUT2D eigenvalue weighted by atomic mass is 14.7. The average molecular weight is 203 g/mol. The summed E-state index contributed by atoms with van der Waals surface area (Å²) in [5.41, 5.74) is 13.5. The quantitative estimate of drug-likeness (QED) is 0.786. The molecule has 82 valence electrons. The Morgan fingerprint density at radius 1 is 1.07 bits per heavy atom. The largest absolute Gasteiger partial charge is 0.330 e. The normalized spacial score (nSPS) is 17.9. The van der Waals surface area contributed by atoms with Crippen molar-refractivity contribution >= 4 is 0 Å². The first-order valence-electron chi connectivity index (χ1n) is 5.80. The Morgan fingerprint density at radius 2 is 1.67 bits per heavy atom. The molecule has 0 radical (unpaired) electrons.